The van der Waals surface area contributed by atoms with Crippen LogP contribution in [0.2, 0.25) is 0 Å². The van der Waals surface area contributed by atoms with E-state index in [0.29, 0.717) is 12.1 Å². The number of aromatic nitrogens is 2. The molecule has 2 aromatic heterocycles. The van der Waals surface area contributed by atoms with Crippen LogP contribution in [0.5, 0.6) is 0 Å². The van der Waals surface area contributed by atoms with E-state index in [1.807, 2.05) is 13.0 Å². The van der Waals surface area contributed by atoms with E-state index in [9.17, 15) is 4.79 Å². The minimum absolute atomic E-state index is 0.0843. The van der Waals surface area contributed by atoms with Gasteiger partial charge in [0.1, 0.15) is 4.83 Å². The molecular formula is C18H25N3O2S. The van der Waals surface area contributed by atoms with Crippen molar-refractivity contribution in [2.24, 2.45) is 0 Å². The first kappa shape index (κ1) is 16.1. The van der Waals surface area contributed by atoms with Gasteiger partial charge in [-0.2, -0.15) is 5.10 Å². The lowest BCUT2D eigenvalue weighted by atomic mass is 9.95. The second-order valence-corrected chi connectivity index (χ2v) is 8.04. The molecule has 1 N–H and O–H groups in total. The van der Waals surface area contributed by atoms with Gasteiger partial charge < -0.3 is 10.1 Å². The Morgan fingerprint density at radius 2 is 2.00 bits per heavy atom. The molecule has 1 aliphatic heterocycles. The second kappa shape index (κ2) is 6.84. The fraction of sp³-hybridized carbons (Fsp3) is 0.667. The summed E-state index contributed by atoms with van der Waals surface area (Å²) in [5, 5.41) is 9.08. The Labute approximate surface area is 146 Å². The lowest BCUT2D eigenvalue weighted by Gasteiger charge is -2.23. The highest BCUT2D eigenvalue weighted by molar-refractivity contribution is 7.20. The quantitative estimate of drug-likeness (QED) is 0.918. The predicted octanol–water partition coefficient (Wildman–Crippen LogP) is 3.82. The maximum absolute atomic E-state index is 12.6. The summed E-state index contributed by atoms with van der Waals surface area (Å²) in [6, 6.07) is 2.77. The fourth-order valence-electron chi connectivity index (χ4n) is 3.86. The van der Waals surface area contributed by atoms with Crippen LogP contribution in [0, 0.1) is 6.92 Å². The largest absolute Gasteiger partial charge is 0.381 e. The third-order valence-corrected chi connectivity index (χ3v) is 6.39. The van der Waals surface area contributed by atoms with Crippen molar-refractivity contribution in [1.29, 1.82) is 0 Å². The first-order valence-corrected chi connectivity index (χ1v) is 9.91. The van der Waals surface area contributed by atoms with Crippen LogP contribution in [0.15, 0.2) is 6.07 Å². The standard InChI is InChI=1S/C18H25N3O2S/c1-12-15-11-16(17(22)19-13-5-3-2-4-6-13)24-18(15)21(20-12)14-7-9-23-10-8-14/h11,13-14H,2-10H2,1H3,(H,19,22). The third kappa shape index (κ3) is 3.09. The molecule has 0 unspecified atom stereocenters. The number of amides is 1. The van der Waals surface area contributed by atoms with E-state index in [2.05, 4.69) is 10.00 Å². The molecule has 1 aliphatic carbocycles. The summed E-state index contributed by atoms with van der Waals surface area (Å²) in [4.78, 5) is 14.6. The molecule has 4 rings (SSSR count). The molecule has 130 valence electrons. The van der Waals surface area contributed by atoms with E-state index in [0.717, 1.165) is 59.7 Å². The SMILES string of the molecule is Cc1nn(C2CCOCC2)c2sc(C(=O)NC3CCCCC3)cc12. The van der Waals surface area contributed by atoms with Crippen LogP contribution >= 0.6 is 11.3 Å². The van der Waals surface area contributed by atoms with E-state index in [1.165, 1.54) is 19.3 Å². The van der Waals surface area contributed by atoms with Gasteiger partial charge in [-0.3, -0.25) is 9.48 Å². The van der Waals surface area contributed by atoms with Crippen LogP contribution < -0.4 is 5.32 Å². The van der Waals surface area contributed by atoms with E-state index >= 15 is 0 Å². The smallest absolute Gasteiger partial charge is 0.261 e. The molecule has 0 aromatic carbocycles. The number of fused-ring (bicyclic) bond motifs is 1. The molecule has 0 spiro atoms. The number of thiophene rings is 1. The van der Waals surface area contributed by atoms with Gasteiger partial charge in [-0.05, 0) is 38.7 Å². The summed E-state index contributed by atoms with van der Waals surface area (Å²) in [6.45, 7) is 3.63. The molecular weight excluding hydrogens is 322 g/mol. The predicted molar refractivity (Wildman–Crippen MR) is 95.8 cm³/mol. The first-order valence-electron chi connectivity index (χ1n) is 9.09. The summed E-state index contributed by atoms with van der Waals surface area (Å²) >= 11 is 1.58. The number of hydrogen-bond donors (Lipinski definition) is 1. The number of carbonyl (C=O) groups is 1. The van der Waals surface area contributed by atoms with Gasteiger partial charge in [0.2, 0.25) is 0 Å². The van der Waals surface area contributed by atoms with E-state index in [-0.39, 0.29) is 5.91 Å². The normalized spacial score (nSPS) is 20.5. The number of carbonyl (C=O) groups excluding carboxylic acids is 1. The van der Waals surface area contributed by atoms with Crippen LogP contribution in [0.3, 0.4) is 0 Å². The molecule has 1 saturated heterocycles. The van der Waals surface area contributed by atoms with Gasteiger partial charge in [0.05, 0.1) is 16.6 Å². The summed E-state index contributed by atoms with van der Waals surface area (Å²) in [5.41, 5.74) is 1.02. The zero-order valence-electron chi connectivity index (χ0n) is 14.2. The molecule has 0 radical (unpaired) electrons. The van der Waals surface area contributed by atoms with Crippen molar-refractivity contribution in [3.63, 3.8) is 0 Å². The summed E-state index contributed by atoms with van der Waals surface area (Å²) in [5.74, 6) is 0.0843. The van der Waals surface area contributed by atoms with Gasteiger partial charge >= 0.3 is 0 Å². The van der Waals surface area contributed by atoms with Crippen molar-refractivity contribution >= 4 is 27.5 Å². The second-order valence-electron chi connectivity index (χ2n) is 7.01. The highest BCUT2D eigenvalue weighted by Crippen LogP contribution is 2.33. The average Bonchev–Trinajstić information content (AvgIpc) is 3.18. The van der Waals surface area contributed by atoms with Crippen molar-refractivity contribution in [1.82, 2.24) is 15.1 Å². The maximum Gasteiger partial charge on any atom is 0.261 e. The van der Waals surface area contributed by atoms with Crippen molar-refractivity contribution in [3.8, 4) is 0 Å². The van der Waals surface area contributed by atoms with Crippen molar-refractivity contribution < 1.29 is 9.53 Å². The van der Waals surface area contributed by atoms with E-state index in [1.54, 1.807) is 11.3 Å². The highest BCUT2D eigenvalue weighted by atomic mass is 32.1. The number of nitrogens with zero attached hydrogens (tertiary/aromatic N) is 2. The van der Waals surface area contributed by atoms with Gasteiger partial charge in [-0.1, -0.05) is 19.3 Å². The van der Waals surface area contributed by atoms with Crippen molar-refractivity contribution in [2.45, 2.75) is 64.0 Å². The van der Waals surface area contributed by atoms with Gasteiger partial charge in [0.25, 0.3) is 5.91 Å². The number of nitrogens with one attached hydrogen (secondary N) is 1. The van der Waals surface area contributed by atoms with Crippen molar-refractivity contribution in [3.05, 3.63) is 16.6 Å². The van der Waals surface area contributed by atoms with E-state index in [4.69, 9.17) is 9.84 Å². The fourth-order valence-corrected chi connectivity index (χ4v) is 5.00. The summed E-state index contributed by atoms with van der Waals surface area (Å²) in [6.07, 6.45) is 7.99. The van der Waals surface area contributed by atoms with Crippen LogP contribution in [0.25, 0.3) is 10.2 Å². The molecule has 1 amide bonds. The number of aryl methyl sites for hydroxylation is 1. The Morgan fingerprint density at radius 1 is 1.25 bits per heavy atom. The molecule has 6 heteroatoms. The molecule has 2 aliphatic rings. The Kier molecular flexibility index (Phi) is 4.59. The van der Waals surface area contributed by atoms with Crippen molar-refractivity contribution in [2.75, 3.05) is 13.2 Å². The van der Waals surface area contributed by atoms with Crippen LogP contribution in [0.4, 0.5) is 0 Å². The number of ether oxygens (including phenoxy) is 1. The zero-order chi connectivity index (χ0) is 16.5. The Hall–Kier alpha value is -1.40. The van der Waals surface area contributed by atoms with Gasteiger partial charge in [-0.15, -0.1) is 11.3 Å². The molecule has 3 heterocycles. The monoisotopic (exact) mass is 347 g/mol. The molecule has 0 bridgehead atoms. The maximum atomic E-state index is 12.6. The summed E-state index contributed by atoms with van der Waals surface area (Å²) < 4.78 is 7.60. The summed E-state index contributed by atoms with van der Waals surface area (Å²) in [7, 11) is 0. The molecule has 1 saturated carbocycles. The van der Waals surface area contributed by atoms with Crippen LogP contribution in [-0.4, -0.2) is 34.9 Å². The minimum Gasteiger partial charge on any atom is -0.381 e. The Balaban J connectivity index is 1.57. The molecule has 0 atom stereocenters. The van der Waals surface area contributed by atoms with E-state index < -0.39 is 0 Å². The lowest BCUT2D eigenvalue weighted by molar-refractivity contribution is 0.0675. The molecule has 2 fully saturated rings. The zero-order valence-corrected chi connectivity index (χ0v) is 15.0. The van der Waals surface area contributed by atoms with Crippen LogP contribution in [0.1, 0.15) is 66.4 Å². The highest BCUT2D eigenvalue weighted by Gasteiger charge is 2.24. The van der Waals surface area contributed by atoms with Gasteiger partial charge in [0.15, 0.2) is 0 Å². The number of hydrogen-bond acceptors (Lipinski definition) is 4. The molecule has 5 nitrogen and oxygen atoms in total. The minimum atomic E-state index is 0.0843. The van der Waals surface area contributed by atoms with Gasteiger partial charge in [-0.25, -0.2) is 0 Å². The topological polar surface area (TPSA) is 56.2 Å². The Morgan fingerprint density at radius 3 is 2.75 bits per heavy atom. The Bertz CT molecular complexity index is 724. The third-order valence-electron chi connectivity index (χ3n) is 5.27. The molecule has 2 aromatic rings. The molecule has 24 heavy (non-hydrogen) atoms. The van der Waals surface area contributed by atoms with Gasteiger partial charge in [0, 0.05) is 24.6 Å². The first-order chi connectivity index (χ1) is 11.7. The van der Waals surface area contributed by atoms with Crippen LogP contribution in [-0.2, 0) is 4.74 Å². The lowest BCUT2D eigenvalue weighted by Crippen LogP contribution is -2.35. The number of rotatable bonds is 3. The average molecular weight is 347 g/mol.